The van der Waals surface area contributed by atoms with Gasteiger partial charge in [-0.05, 0) is 84.0 Å². The van der Waals surface area contributed by atoms with Crippen LogP contribution in [0.25, 0.3) is 0 Å². The van der Waals surface area contributed by atoms with Gasteiger partial charge < -0.3 is 9.84 Å². The second kappa shape index (κ2) is 11.7. The van der Waals surface area contributed by atoms with E-state index in [1.54, 1.807) is 6.08 Å². The lowest BCUT2D eigenvalue weighted by Crippen LogP contribution is -2.23. The van der Waals surface area contributed by atoms with Crippen LogP contribution in [0, 0.1) is 11.8 Å². The quantitative estimate of drug-likeness (QED) is 0.344. The first kappa shape index (κ1) is 23.9. The lowest BCUT2D eigenvalue weighted by Gasteiger charge is -2.19. The molecule has 2 aliphatic carbocycles. The first-order chi connectivity index (χ1) is 13.2. The van der Waals surface area contributed by atoms with Gasteiger partial charge in [0.05, 0.1) is 0 Å². The third-order valence-electron chi connectivity index (χ3n) is 5.01. The summed E-state index contributed by atoms with van der Waals surface area (Å²) in [5.41, 5.74) is 1.91. The topological polar surface area (TPSA) is 63.6 Å². The summed E-state index contributed by atoms with van der Waals surface area (Å²) in [7, 11) is 0. The Morgan fingerprint density at radius 3 is 1.86 bits per heavy atom. The van der Waals surface area contributed by atoms with E-state index in [9.17, 15) is 9.59 Å². The predicted octanol–water partition coefficient (Wildman–Crippen LogP) is 6.00. The molecule has 2 aliphatic rings. The van der Waals surface area contributed by atoms with Gasteiger partial charge in [0, 0.05) is 12.2 Å². The molecule has 2 fully saturated rings. The van der Waals surface area contributed by atoms with Gasteiger partial charge in [-0.1, -0.05) is 23.3 Å². The van der Waals surface area contributed by atoms with Gasteiger partial charge in [0.1, 0.15) is 5.60 Å². The molecule has 0 bridgehead atoms. The van der Waals surface area contributed by atoms with E-state index < -0.39 is 11.6 Å². The van der Waals surface area contributed by atoms with Crippen molar-refractivity contribution < 1.29 is 19.4 Å². The zero-order chi connectivity index (χ0) is 21.2. The van der Waals surface area contributed by atoms with E-state index in [2.05, 4.69) is 13.2 Å². The molecule has 0 aromatic rings. The summed E-state index contributed by atoms with van der Waals surface area (Å²) < 4.78 is 5.28. The van der Waals surface area contributed by atoms with Gasteiger partial charge >= 0.3 is 11.9 Å². The van der Waals surface area contributed by atoms with Gasteiger partial charge in [-0.25, -0.2) is 9.59 Å². The fraction of sp³-hybridized carbons (Fsp3) is 0.583. The van der Waals surface area contributed by atoms with Crippen LogP contribution < -0.4 is 0 Å². The lowest BCUT2D eigenvalue weighted by molar-refractivity contribution is -0.148. The van der Waals surface area contributed by atoms with Crippen LogP contribution in [-0.4, -0.2) is 22.6 Å². The van der Waals surface area contributed by atoms with Crippen molar-refractivity contribution in [2.75, 3.05) is 0 Å². The highest BCUT2D eigenvalue weighted by molar-refractivity contribution is 5.83. The van der Waals surface area contributed by atoms with E-state index in [1.165, 1.54) is 24.5 Å². The number of carbonyl (C=O) groups excluding carboxylic acids is 1. The molecule has 0 aromatic heterocycles. The molecule has 1 N–H and O–H groups in total. The number of aliphatic carboxylic acids is 1. The second-order valence-corrected chi connectivity index (χ2v) is 8.54. The highest BCUT2D eigenvalue weighted by Gasteiger charge is 2.22. The van der Waals surface area contributed by atoms with Crippen LogP contribution in [0.2, 0.25) is 0 Å². The molecule has 0 saturated heterocycles. The van der Waals surface area contributed by atoms with Crippen molar-refractivity contribution in [2.45, 2.75) is 77.7 Å². The maximum atomic E-state index is 11.6. The fourth-order valence-corrected chi connectivity index (χ4v) is 3.85. The number of hydrogen-bond donors (Lipinski definition) is 1. The maximum Gasteiger partial charge on any atom is 0.331 e. The molecule has 2 unspecified atom stereocenters. The summed E-state index contributed by atoms with van der Waals surface area (Å²) in [6.07, 6.45) is 15.3. The van der Waals surface area contributed by atoms with E-state index in [4.69, 9.17) is 9.84 Å². The minimum Gasteiger partial charge on any atom is -0.478 e. The number of hydrogen-bond acceptors (Lipinski definition) is 3. The monoisotopic (exact) mass is 388 g/mol. The van der Waals surface area contributed by atoms with Crippen LogP contribution in [0.1, 0.15) is 72.1 Å². The average Bonchev–Trinajstić information content (AvgIpc) is 3.17. The minimum absolute atomic E-state index is 0.210. The largest absolute Gasteiger partial charge is 0.478 e. The number of carboxylic acids is 1. The SMILES string of the molecule is C=CCC1CCCC1=CC(=O)O.C=CCC1CCCC1=CC(=O)OC(C)(C)C. The Hall–Kier alpha value is -2.10. The van der Waals surface area contributed by atoms with Crippen molar-refractivity contribution in [3.63, 3.8) is 0 Å². The van der Waals surface area contributed by atoms with Gasteiger partial charge in [-0.2, -0.15) is 0 Å². The average molecular weight is 389 g/mol. The Labute approximate surface area is 170 Å². The van der Waals surface area contributed by atoms with Gasteiger partial charge in [0.2, 0.25) is 0 Å². The van der Waals surface area contributed by atoms with Crippen LogP contribution in [0.5, 0.6) is 0 Å². The Balaban J connectivity index is 0.000000292. The fourth-order valence-electron chi connectivity index (χ4n) is 3.85. The second-order valence-electron chi connectivity index (χ2n) is 8.54. The van der Waals surface area contributed by atoms with Crippen LogP contribution in [0.4, 0.5) is 0 Å². The summed E-state index contributed by atoms with van der Waals surface area (Å²) in [5, 5.41) is 8.56. The minimum atomic E-state index is -0.819. The maximum absolute atomic E-state index is 11.6. The number of ether oxygens (including phenoxy) is 1. The van der Waals surface area contributed by atoms with Gasteiger partial charge in [-0.15, -0.1) is 13.2 Å². The molecular weight excluding hydrogens is 352 g/mol. The Morgan fingerprint density at radius 1 is 1.00 bits per heavy atom. The van der Waals surface area contributed by atoms with Crippen molar-refractivity contribution in [1.82, 2.24) is 0 Å². The molecule has 0 radical (unpaired) electrons. The molecule has 0 amide bonds. The molecule has 2 atom stereocenters. The Kier molecular flexibility index (Phi) is 9.98. The van der Waals surface area contributed by atoms with Crippen molar-refractivity contribution in [3.8, 4) is 0 Å². The molecular formula is C24H36O4. The van der Waals surface area contributed by atoms with Gasteiger partial charge in [-0.3, -0.25) is 0 Å². The molecule has 0 heterocycles. The van der Waals surface area contributed by atoms with Gasteiger partial charge in [0.25, 0.3) is 0 Å². The Bertz CT molecular complexity index is 619. The number of carbonyl (C=O) groups is 2. The third-order valence-corrected chi connectivity index (χ3v) is 5.01. The summed E-state index contributed by atoms with van der Waals surface area (Å²) in [4.78, 5) is 22.0. The molecule has 0 aliphatic heterocycles. The normalized spacial score (nSPS) is 24.5. The third kappa shape index (κ3) is 9.20. The first-order valence-corrected chi connectivity index (χ1v) is 10.2. The summed E-state index contributed by atoms with van der Waals surface area (Å²) in [6, 6.07) is 0. The van der Waals surface area contributed by atoms with Crippen LogP contribution in [0.15, 0.2) is 48.6 Å². The molecule has 0 spiro atoms. The van der Waals surface area contributed by atoms with Crippen molar-refractivity contribution >= 4 is 11.9 Å². The van der Waals surface area contributed by atoms with Crippen LogP contribution >= 0.6 is 0 Å². The molecule has 28 heavy (non-hydrogen) atoms. The number of rotatable bonds is 6. The number of carboxylic acid groups (broad SMARTS) is 1. The van der Waals surface area contributed by atoms with E-state index in [0.29, 0.717) is 11.8 Å². The first-order valence-electron chi connectivity index (χ1n) is 10.2. The standard InChI is InChI=1S/C14H22O2.C10H14O2/c1-5-7-11-8-6-9-12(11)10-13(15)16-14(2,3)4;1-2-4-8-5-3-6-9(8)7-10(11)12/h5,10-11H,1,6-9H2,2-4H3;2,7-8H,1,3-6H2,(H,11,12). The smallest absolute Gasteiger partial charge is 0.331 e. The highest BCUT2D eigenvalue weighted by Crippen LogP contribution is 2.34. The molecule has 2 rings (SSSR count). The Morgan fingerprint density at radius 2 is 1.46 bits per heavy atom. The van der Waals surface area contributed by atoms with Crippen molar-refractivity contribution in [1.29, 1.82) is 0 Å². The number of allylic oxidation sites excluding steroid dienone is 4. The zero-order valence-corrected chi connectivity index (χ0v) is 17.7. The lowest BCUT2D eigenvalue weighted by atomic mass is 9.99. The van der Waals surface area contributed by atoms with Gasteiger partial charge in [0.15, 0.2) is 0 Å². The van der Waals surface area contributed by atoms with Crippen LogP contribution in [0.3, 0.4) is 0 Å². The summed E-state index contributed by atoms with van der Waals surface area (Å²) in [6.45, 7) is 13.1. The van der Waals surface area contributed by atoms with Crippen molar-refractivity contribution in [2.24, 2.45) is 11.8 Å². The predicted molar refractivity (Wildman–Crippen MR) is 114 cm³/mol. The molecule has 156 valence electrons. The van der Waals surface area contributed by atoms with Crippen molar-refractivity contribution in [3.05, 3.63) is 48.6 Å². The van der Waals surface area contributed by atoms with E-state index in [-0.39, 0.29) is 5.97 Å². The molecule has 4 heteroatoms. The van der Waals surface area contributed by atoms with E-state index in [1.807, 2.05) is 32.9 Å². The molecule has 4 nitrogen and oxygen atoms in total. The number of esters is 1. The van der Waals surface area contributed by atoms with E-state index >= 15 is 0 Å². The zero-order valence-electron chi connectivity index (χ0n) is 17.7. The van der Waals surface area contributed by atoms with Crippen LogP contribution in [-0.2, 0) is 14.3 Å². The van der Waals surface area contributed by atoms with E-state index in [0.717, 1.165) is 44.1 Å². The highest BCUT2D eigenvalue weighted by atomic mass is 16.6. The summed E-state index contributed by atoms with van der Waals surface area (Å²) in [5.74, 6) is -0.0805. The summed E-state index contributed by atoms with van der Waals surface area (Å²) >= 11 is 0. The molecule has 2 saturated carbocycles. The molecule has 0 aromatic carbocycles.